The molecule has 0 aromatic carbocycles. The van der Waals surface area contributed by atoms with Gasteiger partial charge in [-0.2, -0.15) is 0 Å². The Kier molecular flexibility index (Phi) is 3.36. The van der Waals surface area contributed by atoms with Gasteiger partial charge in [-0.3, -0.25) is 0 Å². The van der Waals surface area contributed by atoms with Gasteiger partial charge in [-0.1, -0.05) is 12.8 Å². The van der Waals surface area contributed by atoms with Crippen molar-refractivity contribution < 1.29 is 0 Å². The molecule has 1 saturated carbocycles. The molecule has 0 bridgehead atoms. The van der Waals surface area contributed by atoms with Crippen LogP contribution in [0.2, 0.25) is 0 Å². The first-order valence-corrected chi connectivity index (χ1v) is 5.45. The second-order valence-electron chi connectivity index (χ2n) is 5.50. The summed E-state index contributed by atoms with van der Waals surface area (Å²) in [4.78, 5) is 0. The first kappa shape index (κ1) is 11.0. The van der Waals surface area contributed by atoms with Crippen molar-refractivity contribution in [3.05, 3.63) is 0 Å². The monoisotopic (exact) mass is 184 g/mol. The van der Waals surface area contributed by atoms with E-state index in [1.165, 1.54) is 25.7 Å². The van der Waals surface area contributed by atoms with Crippen molar-refractivity contribution in [3.8, 4) is 0 Å². The van der Waals surface area contributed by atoms with E-state index in [0.29, 0.717) is 0 Å². The Morgan fingerprint density at radius 3 is 2.23 bits per heavy atom. The summed E-state index contributed by atoms with van der Waals surface area (Å²) in [7, 11) is 0. The van der Waals surface area contributed by atoms with Crippen molar-refractivity contribution in [2.24, 2.45) is 5.73 Å². The quantitative estimate of drug-likeness (QED) is 0.704. The van der Waals surface area contributed by atoms with E-state index in [0.717, 1.165) is 13.0 Å². The van der Waals surface area contributed by atoms with Gasteiger partial charge in [-0.05, 0) is 46.6 Å². The van der Waals surface area contributed by atoms with Gasteiger partial charge in [0.25, 0.3) is 0 Å². The highest BCUT2D eigenvalue weighted by Gasteiger charge is 2.28. The molecule has 0 saturated heterocycles. The summed E-state index contributed by atoms with van der Waals surface area (Å²) < 4.78 is 0. The summed E-state index contributed by atoms with van der Waals surface area (Å²) in [6, 6.07) is 0. The second kappa shape index (κ2) is 3.97. The second-order valence-corrected chi connectivity index (χ2v) is 5.50. The van der Waals surface area contributed by atoms with E-state index >= 15 is 0 Å². The van der Waals surface area contributed by atoms with Gasteiger partial charge >= 0.3 is 0 Å². The molecule has 78 valence electrons. The Morgan fingerprint density at radius 2 is 1.77 bits per heavy atom. The van der Waals surface area contributed by atoms with Crippen molar-refractivity contribution in [1.29, 1.82) is 0 Å². The van der Waals surface area contributed by atoms with E-state index < -0.39 is 0 Å². The zero-order valence-corrected chi connectivity index (χ0v) is 9.32. The number of nitrogens with two attached hydrogens (primary N) is 1. The molecule has 0 atom stereocenters. The van der Waals surface area contributed by atoms with Crippen molar-refractivity contribution in [3.63, 3.8) is 0 Å². The smallest absolute Gasteiger partial charge is 0.0166 e. The standard InChI is InChI=1S/C11H24N2/c1-10(2,3)13-9-8-11(12)6-4-5-7-11/h13H,4-9,12H2,1-3H3. The van der Waals surface area contributed by atoms with Gasteiger partial charge in [0.15, 0.2) is 0 Å². The maximum atomic E-state index is 6.25. The Labute approximate surface area is 82.3 Å². The SMILES string of the molecule is CC(C)(C)NCCC1(N)CCCC1. The lowest BCUT2D eigenvalue weighted by Gasteiger charge is -2.27. The van der Waals surface area contributed by atoms with E-state index in [-0.39, 0.29) is 11.1 Å². The van der Waals surface area contributed by atoms with Crippen molar-refractivity contribution in [2.75, 3.05) is 6.54 Å². The fourth-order valence-electron chi connectivity index (χ4n) is 2.02. The summed E-state index contributed by atoms with van der Waals surface area (Å²) in [5, 5.41) is 3.49. The summed E-state index contributed by atoms with van der Waals surface area (Å²) in [6.45, 7) is 7.65. The molecule has 0 amide bonds. The molecule has 1 fully saturated rings. The van der Waals surface area contributed by atoms with Gasteiger partial charge < -0.3 is 11.1 Å². The van der Waals surface area contributed by atoms with Crippen LogP contribution in [0.25, 0.3) is 0 Å². The molecule has 1 aliphatic rings. The molecule has 0 heterocycles. The third-order valence-corrected chi connectivity index (χ3v) is 2.88. The summed E-state index contributed by atoms with van der Waals surface area (Å²) in [5.41, 5.74) is 6.63. The maximum absolute atomic E-state index is 6.25. The van der Waals surface area contributed by atoms with Crippen LogP contribution in [0.5, 0.6) is 0 Å². The summed E-state index contributed by atoms with van der Waals surface area (Å²) in [6.07, 6.45) is 6.22. The van der Waals surface area contributed by atoms with Crippen LogP contribution in [-0.2, 0) is 0 Å². The highest BCUT2D eigenvalue weighted by atomic mass is 14.9. The molecule has 0 radical (unpaired) electrons. The summed E-state index contributed by atoms with van der Waals surface area (Å²) in [5.74, 6) is 0. The first-order valence-electron chi connectivity index (χ1n) is 5.45. The molecular weight excluding hydrogens is 160 g/mol. The van der Waals surface area contributed by atoms with E-state index in [1.807, 2.05) is 0 Å². The van der Waals surface area contributed by atoms with Crippen molar-refractivity contribution >= 4 is 0 Å². The molecule has 0 spiro atoms. The zero-order chi connectivity index (χ0) is 9.95. The Hall–Kier alpha value is -0.0800. The average Bonchev–Trinajstić information content (AvgIpc) is 2.33. The molecule has 3 N–H and O–H groups in total. The molecule has 1 aliphatic carbocycles. The number of nitrogens with one attached hydrogen (secondary N) is 1. The molecular formula is C11H24N2. The van der Waals surface area contributed by atoms with Crippen LogP contribution >= 0.6 is 0 Å². The molecule has 0 aromatic heterocycles. The highest BCUT2D eigenvalue weighted by Crippen LogP contribution is 2.29. The molecule has 0 aromatic rings. The zero-order valence-electron chi connectivity index (χ0n) is 9.32. The molecule has 13 heavy (non-hydrogen) atoms. The van der Waals surface area contributed by atoms with Gasteiger partial charge in [0.1, 0.15) is 0 Å². The van der Waals surface area contributed by atoms with Gasteiger partial charge in [0, 0.05) is 11.1 Å². The Balaban J connectivity index is 2.18. The van der Waals surface area contributed by atoms with E-state index in [4.69, 9.17) is 5.73 Å². The number of hydrogen-bond donors (Lipinski definition) is 2. The predicted octanol–water partition coefficient (Wildman–Crippen LogP) is 2.04. The third-order valence-electron chi connectivity index (χ3n) is 2.88. The molecule has 2 heteroatoms. The van der Waals surface area contributed by atoms with Gasteiger partial charge in [-0.15, -0.1) is 0 Å². The molecule has 0 unspecified atom stereocenters. The van der Waals surface area contributed by atoms with Crippen molar-refractivity contribution in [1.82, 2.24) is 5.32 Å². The fourth-order valence-corrected chi connectivity index (χ4v) is 2.02. The van der Waals surface area contributed by atoms with Crippen LogP contribution in [0.4, 0.5) is 0 Å². The van der Waals surface area contributed by atoms with Crippen LogP contribution in [0, 0.1) is 0 Å². The van der Waals surface area contributed by atoms with E-state index in [9.17, 15) is 0 Å². The first-order chi connectivity index (χ1) is 5.91. The van der Waals surface area contributed by atoms with Crippen LogP contribution in [0.15, 0.2) is 0 Å². The maximum Gasteiger partial charge on any atom is 0.0166 e. The van der Waals surface area contributed by atoms with Crippen LogP contribution < -0.4 is 11.1 Å². The molecule has 2 nitrogen and oxygen atoms in total. The third kappa shape index (κ3) is 4.10. The Bertz CT molecular complexity index is 152. The lowest BCUT2D eigenvalue weighted by molar-refractivity contribution is 0.351. The number of rotatable bonds is 3. The molecule has 0 aliphatic heterocycles. The fraction of sp³-hybridized carbons (Fsp3) is 1.00. The minimum atomic E-state index is 0.151. The van der Waals surface area contributed by atoms with Gasteiger partial charge in [0.05, 0.1) is 0 Å². The summed E-state index contributed by atoms with van der Waals surface area (Å²) >= 11 is 0. The lowest BCUT2D eigenvalue weighted by atomic mass is 9.94. The van der Waals surface area contributed by atoms with E-state index in [2.05, 4.69) is 26.1 Å². The largest absolute Gasteiger partial charge is 0.325 e. The minimum absolute atomic E-state index is 0.151. The minimum Gasteiger partial charge on any atom is -0.325 e. The van der Waals surface area contributed by atoms with Gasteiger partial charge in [0.2, 0.25) is 0 Å². The molecule has 1 rings (SSSR count). The number of hydrogen-bond acceptors (Lipinski definition) is 2. The van der Waals surface area contributed by atoms with E-state index in [1.54, 1.807) is 0 Å². The normalized spacial score (nSPS) is 22.2. The average molecular weight is 184 g/mol. The van der Waals surface area contributed by atoms with Crippen LogP contribution in [0.3, 0.4) is 0 Å². The van der Waals surface area contributed by atoms with Gasteiger partial charge in [-0.25, -0.2) is 0 Å². The van der Waals surface area contributed by atoms with Crippen LogP contribution in [-0.4, -0.2) is 17.6 Å². The Morgan fingerprint density at radius 1 is 1.23 bits per heavy atom. The van der Waals surface area contributed by atoms with Crippen LogP contribution in [0.1, 0.15) is 52.9 Å². The highest BCUT2D eigenvalue weighted by molar-refractivity contribution is 4.90. The lowest BCUT2D eigenvalue weighted by Crippen LogP contribution is -2.43. The predicted molar refractivity (Wildman–Crippen MR) is 57.8 cm³/mol. The topological polar surface area (TPSA) is 38.0 Å². The van der Waals surface area contributed by atoms with Crippen molar-refractivity contribution in [2.45, 2.75) is 64.0 Å².